The third-order valence-corrected chi connectivity index (χ3v) is 4.04. The summed E-state index contributed by atoms with van der Waals surface area (Å²) >= 11 is 3.44. The standard InChI is InChI=1S/C12H18BrN3/c13-12-5-14-16(9-12)8-11-3-4-15(7-11)6-10-1-2-10/h5,9-11H,1-4,6-8H2. The number of halogens is 1. The van der Waals surface area contributed by atoms with Gasteiger partial charge < -0.3 is 4.90 Å². The predicted octanol–water partition coefficient (Wildman–Crippen LogP) is 2.38. The topological polar surface area (TPSA) is 21.1 Å². The van der Waals surface area contributed by atoms with E-state index in [9.17, 15) is 0 Å². The minimum absolute atomic E-state index is 0.797. The third-order valence-electron chi connectivity index (χ3n) is 3.63. The molecule has 3 rings (SSSR count). The molecular weight excluding hydrogens is 266 g/mol. The van der Waals surface area contributed by atoms with Gasteiger partial charge in [-0.05, 0) is 53.6 Å². The Morgan fingerprint density at radius 2 is 2.12 bits per heavy atom. The number of hydrogen-bond donors (Lipinski definition) is 0. The van der Waals surface area contributed by atoms with Crippen LogP contribution in [0.4, 0.5) is 0 Å². The SMILES string of the molecule is Brc1cnn(CC2CCN(CC3CC3)C2)c1. The average molecular weight is 284 g/mol. The van der Waals surface area contributed by atoms with Crippen LogP contribution >= 0.6 is 15.9 Å². The van der Waals surface area contributed by atoms with Gasteiger partial charge in [-0.1, -0.05) is 0 Å². The second kappa shape index (κ2) is 4.49. The summed E-state index contributed by atoms with van der Waals surface area (Å²) in [5, 5.41) is 4.33. The van der Waals surface area contributed by atoms with Crippen LogP contribution in [0.2, 0.25) is 0 Å². The minimum Gasteiger partial charge on any atom is -0.303 e. The minimum atomic E-state index is 0.797. The van der Waals surface area contributed by atoms with Gasteiger partial charge in [0.25, 0.3) is 0 Å². The van der Waals surface area contributed by atoms with Crippen LogP contribution in [0.25, 0.3) is 0 Å². The monoisotopic (exact) mass is 283 g/mol. The van der Waals surface area contributed by atoms with Crippen molar-refractivity contribution >= 4 is 15.9 Å². The van der Waals surface area contributed by atoms with Gasteiger partial charge in [0.05, 0.1) is 10.7 Å². The Balaban J connectivity index is 1.49. The summed E-state index contributed by atoms with van der Waals surface area (Å²) in [6.07, 6.45) is 8.21. The van der Waals surface area contributed by atoms with E-state index in [0.717, 1.165) is 22.9 Å². The van der Waals surface area contributed by atoms with Gasteiger partial charge in [-0.15, -0.1) is 0 Å². The van der Waals surface area contributed by atoms with Crippen LogP contribution in [-0.4, -0.2) is 34.3 Å². The van der Waals surface area contributed by atoms with Crippen molar-refractivity contribution in [3.8, 4) is 0 Å². The first-order valence-corrected chi connectivity index (χ1v) is 6.99. The van der Waals surface area contributed by atoms with Crippen molar-refractivity contribution < 1.29 is 0 Å². The average Bonchev–Trinajstić information content (AvgIpc) is 2.80. The summed E-state index contributed by atoms with van der Waals surface area (Å²) in [4.78, 5) is 2.64. The Morgan fingerprint density at radius 1 is 1.25 bits per heavy atom. The summed E-state index contributed by atoms with van der Waals surface area (Å²) in [5.41, 5.74) is 0. The smallest absolute Gasteiger partial charge is 0.0632 e. The van der Waals surface area contributed by atoms with E-state index in [1.54, 1.807) is 0 Å². The first-order valence-electron chi connectivity index (χ1n) is 6.20. The van der Waals surface area contributed by atoms with Crippen LogP contribution in [0, 0.1) is 11.8 Å². The molecule has 1 aromatic rings. The molecule has 1 unspecified atom stereocenters. The summed E-state index contributed by atoms with van der Waals surface area (Å²) < 4.78 is 3.15. The third kappa shape index (κ3) is 2.66. The number of nitrogens with zero attached hydrogens (tertiary/aromatic N) is 3. The summed E-state index contributed by atoms with van der Waals surface area (Å²) in [7, 11) is 0. The van der Waals surface area contributed by atoms with E-state index in [-0.39, 0.29) is 0 Å². The summed E-state index contributed by atoms with van der Waals surface area (Å²) in [6, 6.07) is 0. The zero-order chi connectivity index (χ0) is 11.0. The largest absolute Gasteiger partial charge is 0.303 e. The molecule has 1 saturated carbocycles. The van der Waals surface area contributed by atoms with Gasteiger partial charge in [0.2, 0.25) is 0 Å². The molecule has 0 aromatic carbocycles. The van der Waals surface area contributed by atoms with Crippen LogP contribution in [0.15, 0.2) is 16.9 Å². The van der Waals surface area contributed by atoms with Crippen molar-refractivity contribution in [2.75, 3.05) is 19.6 Å². The molecule has 1 aliphatic carbocycles. The molecule has 1 aliphatic heterocycles. The molecule has 0 N–H and O–H groups in total. The highest BCUT2D eigenvalue weighted by Gasteiger charge is 2.29. The molecule has 4 heteroatoms. The number of likely N-dealkylation sites (tertiary alicyclic amines) is 1. The van der Waals surface area contributed by atoms with E-state index in [0.29, 0.717) is 0 Å². The van der Waals surface area contributed by atoms with Crippen LogP contribution in [0.5, 0.6) is 0 Å². The maximum atomic E-state index is 4.33. The van der Waals surface area contributed by atoms with Gasteiger partial charge in [-0.25, -0.2) is 0 Å². The Bertz CT molecular complexity index is 359. The second-order valence-corrected chi connectivity index (χ2v) is 6.15. The first-order chi connectivity index (χ1) is 7.79. The molecule has 1 atom stereocenters. The molecule has 16 heavy (non-hydrogen) atoms. The van der Waals surface area contributed by atoms with Crippen molar-refractivity contribution in [1.29, 1.82) is 0 Å². The van der Waals surface area contributed by atoms with E-state index in [1.165, 1.54) is 38.9 Å². The zero-order valence-corrected chi connectivity index (χ0v) is 11.1. The molecule has 3 nitrogen and oxygen atoms in total. The lowest BCUT2D eigenvalue weighted by Gasteiger charge is -2.15. The van der Waals surface area contributed by atoms with E-state index in [1.807, 2.05) is 6.20 Å². The van der Waals surface area contributed by atoms with Crippen molar-refractivity contribution in [3.63, 3.8) is 0 Å². The van der Waals surface area contributed by atoms with Crippen molar-refractivity contribution in [2.45, 2.75) is 25.8 Å². The van der Waals surface area contributed by atoms with Crippen LogP contribution in [0.3, 0.4) is 0 Å². The van der Waals surface area contributed by atoms with Crippen molar-refractivity contribution in [3.05, 3.63) is 16.9 Å². The molecule has 1 aromatic heterocycles. The van der Waals surface area contributed by atoms with Crippen molar-refractivity contribution in [1.82, 2.24) is 14.7 Å². The Labute approximate surface area is 105 Å². The lowest BCUT2D eigenvalue weighted by atomic mass is 10.1. The zero-order valence-electron chi connectivity index (χ0n) is 9.48. The quantitative estimate of drug-likeness (QED) is 0.846. The van der Waals surface area contributed by atoms with Crippen LogP contribution < -0.4 is 0 Å². The molecular formula is C12H18BrN3. The molecule has 0 bridgehead atoms. The maximum absolute atomic E-state index is 4.33. The van der Waals surface area contributed by atoms with Gasteiger partial charge >= 0.3 is 0 Å². The lowest BCUT2D eigenvalue weighted by Crippen LogP contribution is -2.24. The van der Waals surface area contributed by atoms with Gasteiger partial charge in [0, 0.05) is 25.8 Å². The summed E-state index contributed by atoms with van der Waals surface area (Å²) in [5.74, 6) is 1.82. The lowest BCUT2D eigenvalue weighted by molar-refractivity contribution is 0.302. The molecule has 1 saturated heterocycles. The highest BCUT2D eigenvalue weighted by atomic mass is 79.9. The second-order valence-electron chi connectivity index (χ2n) is 5.24. The van der Waals surface area contributed by atoms with Gasteiger partial charge in [-0.2, -0.15) is 5.10 Å². The fourth-order valence-electron chi connectivity index (χ4n) is 2.60. The maximum Gasteiger partial charge on any atom is 0.0632 e. The van der Waals surface area contributed by atoms with Crippen LogP contribution in [-0.2, 0) is 6.54 Å². The Kier molecular flexibility index (Phi) is 3.03. The summed E-state index contributed by atoms with van der Waals surface area (Å²) in [6.45, 7) is 4.99. The van der Waals surface area contributed by atoms with Crippen molar-refractivity contribution in [2.24, 2.45) is 11.8 Å². The molecule has 2 heterocycles. The fraction of sp³-hybridized carbons (Fsp3) is 0.750. The van der Waals surface area contributed by atoms with Crippen LogP contribution in [0.1, 0.15) is 19.3 Å². The highest BCUT2D eigenvalue weighted by Crippen LogP contribution is 2.31. The van der Waals surface area contributed by atoms with E-state index in [2.05, 4.69) is 36.8 Å². The molecule has 2 aliphatic rings. The number of aromatic nitrogens is 2. The number of rotatable bonds is 4. The Morgan fingerprint density at radius 3 is 2.81 bits per heavy atom. The molecule has 0 spiro atoms. The van der Waals surface area contributed by atoms with E-state index < -0.39 is 0 Å². The van der Waals surface area contributed by atoms with E-state index >= 15 is 0 Å². The number of hydrogen-bond acceptors (Lipinski definition) is 2. The first kappa shape index (κ1) is 10.8. The molecule has 0 radical (unpaired) electrons. The highest BCUT2D eigenvalue weighted by molar-refractivity contribution is 9.10. The van der Waals surface area contributed by atoms with Gasteiger partial charge in [0.1, 0.15) is 0 Å². The molecule has 88 valence electrons. The normalized spacial score (nSPS) is 26.4. The molecule has 2 fully saturated rings. The predicted molar refractivity (Wildman–Crippen MR) is 67.2 cm³/mol. The van der Waals surface area contributed by atoms with E-state index in [4.69, 9.17) is 0 Å². The molecule has 0 amide bonds. The fourth-order valence-corrected chi connectivity index (χ4v) is 2.92. The van der Waals surface area contributed by atoms with Gasteiger partial charge in [0.15, 0.2) is 0 Å². The Hall–Kier alpha value is -0.350. The van der Waals surface area contributed by atoms with Gasteiger partial charge in [-0.3, -0.25) is 4.68 Å².